The molecular formula is C20H18N4O2. The molecule has 0 saturated heterocycles. The van der Waals surface area contributed by atoms with Gasteiger partial charge in [0.1, 0.15) is 5.75 Å². The first-order valence-electron chi connectivity index (χ1n) is 8.26. The highest BCUT2D eigenvalue weighted by atomic mass is 16.5. The summed E-state index contributed by atoms with van der Waals surface area (Å²) in [6.45, 7) is 0.485. The first-order chi connectivity index (χ1) is 12.7. The van der Waals surface area contributed by atoms with Crippen molar-refractivity contribution in [2.24, 2.45) is 0 Å². The zero-order chi connectivity index (χ0) is 18.1. The molecule has 130 valence electrons. The minimum atomic E-state index is -0.143. The van der Waals surface area contributed by atoms with Crippen LogP contribution in [-0.2, 0) is 6.54 Å². The van der Waals surface area contributed by atoms with Crippen LogP contribution in [0.2, 0.25) is 0 Å². The summed E-state index contributed by atoms with van der Waals surface area (Å²) in [5, 5.41) is 10.0. The number of methoxy groups -OCH3 is 1. The number of carbonyl (C=O) groups is 1. The number of aromatic amines is 1. The Morgan fingerprint density at radius 1 is 1.19 bits per heavy atom. The third-order valence-corrected chi connectivity index (χ3v) is 4.50. The predicted molar refractivity (Wildman–Crippen MR) is 100 cm³/mol. The van der Waals surface area contributed by atoms with Crippen molar-refractivity contribution in [2.75, 3.05) is 14.2 Å². The molecule has 0 aliphatic carbocycles. The van der Waals surface area contributed by atoms with E-state index in [1.54, 1.807) is 25.3 Å². The van der Waals surface area contributed by atoms with E-state index >= 15 is 0 Å². The van der Waals surface area contributed by atoms with Crippen LogP contribution in [0.5, 0.6) is 5.75 Å². The standard InChI is InChI=1S/C20H18N4O2/c1-24(12-14-5-3-4-13-11-21-9-8-16(13)14)20(25)19-17-10-15(26-2)6-7-18(17)22-23-19/h3-11H,12H2,1-2H3,(H,22,23). The van der Waals surface area contributed by atoms with Crippen LogP contribution in [0.1, 0.15) is 16.1 Å². The Hall–Kier alpha value is -3.41. The van der Waals surface area contributed by atoms with Crippen LogP contribution in [0.4, 0.5) is 0 Å². The molecule has 2 aromatic carbocycles. The number of H-pyrrole nitrogens is 1. The smallest absolute Gasteiger partial charge is 0.275 e. The Bertz CT molecular complexity index is 1100. The van der Waals surface area contributed by atoms with E-state index in [-0.39, 0.29) is 5.91 Å². The van der Waals surface area contributed by atoms with Gasteiger partial charge in [0, 0.05) is 36.8 Å². The maximum absolute atomic E-state index is 13.0. The maximum Gasteiger partial charge on any atom is 0.275 e. The third kappa shape index (κ3) is 2.75. The lowest BCUT2D eigenvalue weighted by molar-refractivity contribution is 0.0781. The van der Waals surface area contributed by atoms with Crippen LogP contribution in [0, 0.1) is 0 Å². The summed E-state index contributed by atoms with van der Waals surface area (Å²) < 4.78 is 5.26. The molecule has 0 bridgehead atoms. The van der Waals surface area contributed by atoms with Crippen molar-refractivity contribution in [2.45, 2.75) is 6.54 Å². The molecule has 0 atom stereocenters. The van der Waals surface area contributed by atoms with Crippen LogP contribution in [-0.4, -0.2) is 40.1 Å². The maximum atomic E-state index is 13.0. The van der Waals surface area contributed by atoms with E-state index in [2.05, 4.69) is 15.2 Å². The van der Waals surface area contributed by atoms with Gasteiger partial charge in [-0.15, -0.1) is 0 Å². The second-order valence-electron chi connectivity index (χ2n) is 6.16. The SMILES string of the molecule is COc1ccc2[nH]nc(C(=O)N(C)Cc3cccc4cnccc34)c2c1. The fraction of sp³-hybridized carbons (Fsp3) is 0.150. The summed E-state index contributed by atoms with van der Waals surface area (Å²) in [6, 6.07) is 13.5. The van der Waals surface area contributed by atoms with Gasteiger partial charge in [0.05, 0.1) is 12.6 Å². The number of ether oxygens (including phenoxy) is 1. The second kappa shape index (κ2) is 6.48. The minimum Gasteiger partial charge on any atom is -0.497 e. The van der Waals surface area contributed by atoms with Gasteiger partial charge in [0.2, 0.25) is 0 Å². The Balaban J connectivity index is 1.66. The highest BCUT2D eigenvalue weighted by Gasteiger charge is 2.19. The number of fused-ring (bicyclic) bond motifs is 2. The van der Waals surface area contributed by atoms with Gasteiger partial charge in [0.15, 0.2) is 5.69 Å². The number of nitrogens with one attached hydrogen (secondary N) is 1. The summed E-state index contributed by atoms with van der Waals surface area (Å²) in [6.07, 6.45) is 3.59. The Labute approximate surface area is 150 Å². The van der Waals surface area contributed by atoms with Gasteiger partial charge in [-0.1, -0.05) is 18.2 Å². The molecule has 6 heteroatoms. The van der Waals surface area contributed by atoms with Gasteiger partial charge in [-0.05, 0) is 35.2 Å². The molecule has 0 saturated carbocycles. The van der Waals surface area contributed by atoms with E-state index in [4.69, 9.17) is 4.74 Å². The van der Waals surface area contributed by atoms with Crippen LogP contribution in [0.15, 0.2) is 54.9 Å². The highest BCUT2D eigenvalue weighted by Crippen LogP contribution is 2.24. The molecule has 0 fully saturated rings. The summed E-state index contributed by atoms with van der Waals surface area (Å²) in [7, 11) is 3.38. The number of aromatic nitrogens is 3. The number of nitrogens with zero attached hydrogens (tertiary/aromatic N) is 3. The lowest BCUT2D eigenvalue weighted by Gasteiger charge is -2.17. The van der Waals surface area contributed by atoms with Crippen molar-refractivity contribution in [3.8, 4) is 5.75 Å². The first-order valence-corrected chi connectivity index (χ1v) is 8.26. The van der Waals surface area contributed by atoms with Gasteiger partial charge in [-0.3, -0.25) is 14.9 Å². The van der Waals surface area contributed by atoms with E-state index in [0.29, 0.717) is 18.0 Å². The lowest BCUT2D eigenvalue weighted by atomic mass is 10.1. The van der Waals surface area contributed by atoms with Crippen molar-refractivity contribution in [3.05, 3.63) is 66.1 Å². The molecule has 0 radical (unpaired) electrons. The van der Waals surface area contributed by atoms with Crippen molar-refractivity contribution < 1.29 is 9.53 Å². The zero-order valence-corrected chi connectivity index (χ0v) is 14.6. The summed E-state index contributed by atoms with van der Waals surface area (Å²) in [5.74, 6) is 0.549. The zero-order valence-electron chi connectivity index (χ0n) is 14.6. The molecule has 0 aliphatic heterocycles. The molecule has 4 rings (SSSR count). The van der Waals surface area contributed by atoms with Crippen LogP contribution in [0.25, 0.3) is 21.7 Å². The van der Waals surface area contributed by atoms with Crippen molar-refractivity contribution in [1.82, 2.24) is 20.1 Å². The third-order valence-electron chi connectivity index (χ3n) is 4.50. The Morgan fingerprint density at radius 2 is 2.08 bits per heavy atom. The summed E-state index contributed by atoms with van der Waals surface area (Å²) in [4.78, 5) is 18.8. The van der Waals surface area contributed by atoms with Gasteiger partial charge < -0.3 is 9.64 Å². The molecule has 0 unspecified atom stereocenters. The van der Waals surface area contributed by atoms with E-state index in [1.807, 2.05) is 48.7 Å². The average molecular weight is 346 g/mol. The van der Waals surface area contributed by atoms with Crippen LogP contribution < -0.4 is 4.74 Å². The molecule has 0 aliphatic rings. The van der Waals surface area contributed by atoms with E-state index in [0.717, 1.165) is 27.2 Å². The van der Waals surface area contributed by atoms with Gasteiger partial charge in [-0.25, -0.2) is 0 Å². The number of hydrogen-bond donors (Lipinski definition) is 1. The number of hydrogen-bond acceptors (Lipinski definition) is 4. The normalized spacial score (nSPS) is 11.0. The molecule has 0 spiro atoms. The van der Waals surface area contributed by atoms with Crippen LogP contribution in [0.3, 0.4) is 0 Å². The van der Waals surface area contributed by atoms with E-state index in [1.165, 1.54) is 0 Å². The van der Waals surface area contributed by atoms with Gasteiger partial charge in [-0.2, -0.15) is 5.10 Å². The first kappa shape index (κ1) is 16.1. The molecule has 2 heterocycles. The molecule has 1 N–H and O–H groups in total. The van der Waals surface area contributed by atoms with Crippen molar-refractivity contribution >= 4 is 27.6 Å². The largest absolute Gasteiger partial charge is 0.497 e. The molecular weight excluding hydrogens is 328 g/mol. The van der Waals surface area contributed by atoms with E-state index in [9.17, 15) is 4.79 Å². The lowest BCUT2D eigenvalue weighted by Crippen LogP contribution is -2.26. The molecule has 2 aromatic heterocycles. The van der Waals surface area contributed by atoms with E-state index < -0.39 is 0 Å². The quantitative estimate of drug-likeness (QED) is 0.615. The summed E-state index contributed by atoms with van der Waals surface area (Å²) >= 11 is 0. The number of rotatable bonds is 4. The fourth-order valence-corrected chi connectivity index (χ4v) is 3.12. The predicted octanol–water partition coefficient (Wildman–Crippen LogP) is 3.39. The molecule has 1 amide bonds. The average Bonchev–Trinajstić information content (AvgIpc) is 3.10. The fourth-order valence-electron chi connectivity index (χ4n) is 3.12. The molecule has 26 heavy (non-hydrogen) atoms. The highest BCUT2D eigenvalue weighted by molar-refractivity contribution is 6.05. The van der Waals surface area contributed by atoms with Crippen LogP contribution >= 0.6 is 0 Å². The number of carbonyl (C=O) groups excluding carboxylic acids is 1. The summed E-state index contributed by atoms with van der Waals surface area (Å²) in [5.41, 5.74) is 2.26. The molecule has 6 nitrogen and oxygen atoms in total. The van der Waals surface area contributed by atoms with Gasteiger partial charge in [0.25, 0.3) is 5.91 Å². The second-order valence-corrected chi connectivity index (χ2v) is 6.16. The molecule has 4 aromatic rings. The minimum absolute atomic E-state index is 0.143. The van der Waals surface area contributed by atoms with Gasteiger partial charge >= 0.3 is 0 Å². The monoisotopic (exact) mass is 346 g/mol. The van der Waals surface area contributed by atoms with Crippen molar-refractivity contribution in [1.29, 1.82) is 0 Å². The topological polar surface area (TPSA) is 71.1 Å². The number of amides is 1. The van der Waals surface area contributed by atoms with Crippen molar-refractivity contribution in [3.63, 3.8) is 0 Å². The Kier molecular flexibility index (Phi) is 4.01. The number of benzene rings is 2. The Morgan fingerprint density at radius 3 is 2.92 bits per heavy atom. The number of pyridine rings is 1.